The maximum Gasteiger partial charge on any atom is 0.307 e. The molecule has 104 valence electrons. The van der Waals surface area contributed by atoms with Crippen molar-refractivity contribution in [1.82, 2.24) is 0 Å². The Morgan fingerprint density at radius 3 is 2.58 bits per heavy atom. The van der Waals surface area contributed by atoms with Crippen LogP contribution in [0.1, 0.15) is 25.8 Å². The number of carbonyl (C=O) groups excluding carboxylic acids is 1. The second-order valence-electron chi connectivity index (χ2n) is 4.55. The highest BCUT2D eigenvalue weighted by atomic mass is 16.5. The van der Waals surface area contributed by atoms with Crippen molar-refractivity contribution in [2.24, 2.45) is 10.7 Å². The van der Waals surface area contributed by atoms with Gasteiger partial charge < -0.3 is 15.8 Å². The molecule has 19 heavy (non-hydrogen) atoms. The second kappa shape index (κ2) is 7.41. The zero-order valence-electron chi connectivity index (χ0n) is 11.6. The van der Waals surface area contributed by atoms with Crippen LogP contribution in [0.25, 0.3) is 0 Å². The van der Waals surface area contributed by atoms with E-state index in [1.54, 1.807) is 0 Å². The van der Waals surface area contributed by atoms with Gasteiger partial charge in [0.05, 0.1) is 19.1 Å². The summed E-state index contributed by atoms with van der Waals surface area (Å²) in [5, 5.41) is 2.96. The molecule has 0 radical (unpaired) electrons. The van der Waals surface area contributed by atoms with Gasteiger partial charge in [-0.1, -0.05) is 17.7 Å². The van der Waals surface area contributed by atoms with E-state index in [2.05, 4.69) is 10.3 Å². The Bertz CT molecular complexity index is 439. The summed E-state index contributed by atoms with van der Waals surface area (Å²) in [4.78, 5) is 15.3. The average Bonchev–Trinajstić information content (AvgIpc) is 2.31. The molecule has 0 fully saturated rings. The molecule has 1 aromatic carbocycles. The largest absolute Gasteiger partial charge is 0.463 e. The molecule has 0 aliphatic rings. The minimum atomic E-state index is -0.262. The predicted molar refractivity (Wildman–Crippen MR) is 77.1 cm³/mol. The zero-order valence-corrected chi connectivity index (χ0v) is 11.6. The van der Waals surface area contributed by atoms with Crippen LogP contribution in [-0.2, 0) is 9.53 Å². The summed E-state index contributed by atoms with van der Waals surface area (Å²) in [5.41, 5.74) is 7.77. The molecule has 0 saturated heterocycles. The summed E-state index contributed by atoms with van der Waals surface area (Å²) in [6.45, 7) is 5.96. The summed E-state index contributed by atoms with van der Waals surface area (Å²) >= 11 is 0. The summed E-state index contributed by atoms with van der Waals surface area (Å²) in [7, 11) is 0. The fraction of sp³-hybridized carbons (Fsp3) is 0.429. The molecule has 1 rings (SSSR count). The summed E-state index contributed by atoms with van der Waals surface area (Å²) in [6.07, 6.45) is 0.133. The van der Waals surface area contributed by atoms with Crippen LogP contribution in [0.4, 0.5) is 5.69 Å². The molecular formula is C14H21N3O2. The fourth-order valence-electron chi connectivity index (χ4n) is 1.41. The van der Waals surface area contributed by atoms with Gasteiger partial charge in [-0.2, -0.15) is 0 Å². The van der Waals surface area contributed by atoms with E-state index in [0.29, 0.717) is 12.5 Å². The molecule has 0 aromatic heterocycles. The van der Waals surface area contributed by atoms with Gasteiger partial charge in [-0.05, 0) is 32.9 Å². The van der Waals surface area contributed by atoms with E-state index in [1.165, 1.54) is 5.56 Å². The first-order valence-corrected chi connectivity index (χ1v) is 6.30. The molecule has 0 spiro atoms. The maximum atomic E-state index is 11.3. The number of hydrogen-bond acceptors (Lipinski definition) is 3. The predicted octanol–water partition coefficient (Wildman–Crippen LogP) is 2.06. The van der Waals surface area contributed by atoms with Crippen LogP contribution >= 0.6 is 0 Å². The van der Waals surface area contributed by atoms with Gasteiger partial charge >= 0.3 is 5.97 Å². The van der Waals surface area contributed by atoms with Gasteiger partial charge in [0.25, 0.3) is 0 Å². The number of nitrogens with two attached hydrogens (primary N) is 1. The van der Waals surface area contributed by atoms with Gasteiger partial charge in [0.1, 0.15) is 0 Å². The van der Waals surface area contributed by atoms with E-state index in [4.69, 9.17) is 10.5 Å². The molecule has 1 aromatic rings. The van der Waals surface area contributed by atoms with Crippen molar-refractivity contribution in [2.45, 2.75) is 33.3 Å². The minimum absolute atomic E-state index is 0.0977. The van der Waals surface area contributed by atoms with E-state index in [9.17, 15) is 4.79 Å². The number of carbonyl (C=O) groups is 1. The molecule has 0 atom stereocenters. The molecule has 0 saturated carbocycles. The first kappa shape index (κ1) is 15.0. The number of nitrogens with one attached hydrogen (secondary N) is 1. The molecule has 0 aliphatic carbocycles. The van der Waals surface area contributed by atoms with E-state index in [1.807, 2.05) is 45.0 Å². The maximum absolute atomic E-state index is 11.3. The number of aryl methyl sites for hydroxylation is 1. The third kappa shape index (κ3) is 6.45. The van der Waals surface area contributed by atoms with E-state index in [-0.39, 0.29) is 18.5 Å². The number of benzene rings is 1. The molecule has 5 heteroatoms. The third-order valence-corrected chi connectivity index (χ3v) is 2.29. The van der Waals surface area contributed by atoms with Gasteiger partial charge in [-0.15, -0.1) is 0 Å². The topological polar surface area (TPSA) is 76.7 Å². The Kier molecular flexibility index (Phi) is 5.85. The number of ether oxygens (including phenoxy) is 1. The van der Waals surface area contributed by atoms with E-state index < -0.39 is 0 Å². The van der Waals surface area contributed by atoms with Gasteiger partial charge in [0, 0.05) is 5.69 Å². The lowest BCUT2D eigenvalue weighted by Crippen LogP contribution is -2.23. The van der Waals surface area contributed by atoms with Crippen LogP contribution < -0.4 is 11.1 Å². The van der Waals surface area contributed by atoms with Crippen molar-refractivity contribution in [1.29, 1.82) is 0 Å². The number of rotatable bonds is 5. The quantitative estimate of drug-likeness (QED) is 0.484. The Balaban J connectivity index is 2.37. The lowest BCUT2D eigenvalue weighted by molar-refractivity contribution is -0.147. The number of aliphatic imine (C=N–C) groups is 1. The summed E-state index contributed by atoms with van der Waals surface area (Å²) < 4.78 is 4.99. The van der Waals surface area contributed by atoms with Crippen molar-refractivity contribution < 1.29 is 9.53 Å². The fourth-order valence-corrected chi connectivity index (χ4v) is 1.41. The molecular weight excluding hydrogens is 242 g/mol. The molecule has 3 N–H and O–H groups in total. The molecule has 0 bridgehead atoms. The van der Waals surface area contributed by atoms with Crippen molar-refractivity contribution >= 4 is 17.6 Å². The van der Waals surface area contributed by atoms with Crippen LogP contribution in [0.3, 0.4) is 0 Å². The Labute approximate surface area is 113 Å². The highest BCUT2D eigenvalue weighted by Gasteiger charge is 2.04. The standard InChI is InChI=1S/C14H21N3O2/c1-10(2)19-13(18)8-9-16-14(15)17-12-6-4-11(3)5-7-12/h4-7,10H,8-9H2,1-3H3,(H3,15,16,17). The van der Waals surface area contributed by atoms with Crippen molar-refractivity contribution in [2.75, 3.05) is 11.9 Å². The molecule has 0 heterocycles. The monoisotopic (exact) mass is 263 g/mol. The van der Waals surface area contributed by atoms with E-state index in [0.717, 1.165) is 5.69 Å². The first-order chi connectivity index (χ1) is 8.97. The van der Waals surface area contributed by atoms with Crippen LogP contribution in [0.5, 0.6) is 0 Å². The zero-order chi connectivity index (χ0) is 14.3. The normalized spacial score (nSPS) is 11.5. The molecule has 0 amide bonds. The number of nitrogens with zero attached hydrogens (tertiary/aromatic N) is 1. The number of anilines is 1. The Morgan fingerprint density at radius 1 is 1.37 bits per heavy atom. The smallest absolute Gasteiger partial charge is 0.307 e. The van der Waals surface area contributed by atoms with Gasteiger partial charge in [0.2, 0.25) is 0 Å². The van der Waals surface area contributed by atoms with Gasteiger partial charge in [0.15, 0.2) is 5.96 Å². The number of esters is 1. The lowest BCUT2D eigenvalue weighted by atomic mass is 10.2. The van der Waals surface area contributed by atoms with Crippen LogP contribution in [0.2, 0.25) is 0 Å². The third-order valence-electron chi connectivity index (χ3n) is 2.29. The van der Waals surface area contributed by atoms with Gasteiger partial charge in [-0.3, -0.25) is 9.79 Å². The van der Waals surface area contributed by atoms with E-state index >= 15 is 0 Å². The average molecular weight is 263 g/mol. The minimum Gasteiger partial charge on any atom is -0.463 e. The lowest BCUT2D eigenvalue weighted by Gasteiger charge is -2.07. The molecule has 5 nitrogen and oxygen atoms in total. The SMILES string of the molecule is Cc1ccc(NC(N)=NCCC(=O)OC(C)C)cc1. The summed E-state index contributed by atoms with van der Waals surface area (Å²) in [6, 6.07) is 7.81. The van der Waals surface area contributed by atoms with Gasteiger partial charge in [-0.25, -0.2) is 0 Å². The highest BCUT2D eigenvalue weighted by molar-refractivity contribution is 5.92. The van der Waals surface area contributed by atoms with Crippen molar-refractivity contribution in [3.8, 4) is 0 Å². The van der Waals surface area contributed by atoms with Crippen LogP contribution in [0.15, 0.2) is 29.3 Å². The Morgan fingerprint density at radius 2 is 2.00 bits per heavy atom. The highest BCUT2D eigenvalue weighted by Crippen LogP contribution is 2.07. The second-order valence-corrected chi connectivity index (χ2v) is 4.55. The van der Waals surface area contributed by atoms with Crippen molar-refractivity contribution in [3.05, 3.63) is 29.8 Å². The summed E-state index contributed by atoms with van der Waals surface area (Å²) in [5.74, 6) is 0.0306. The van der Waals surface area contributed by atoms with Crippen LogP contribution in [0, 0.1) is 6.92 Å². The molecule has 0 unspecified atom stereocenters. The first-order valence-electron chi connectivity index (χ1n) is 6.30. The van der Waals surface area contributed by atoms with Crippen molar-refractivity contribution in [3.63, 3.8) is 0 Å². The Hall–Kier alpha value is -2.04. The van der Waals surface area contributed by atoms with Crippen LogP contribution in [-0.4, -0.2) is 24.6 Å². The molecule has 0 aliphatic heterocycles. The number of hydrogen-bond donors (Lipinski definition) is 2. The number of guanidine groups is 1.